The number of phenols is 2. The van der Waals surface area contributed by atoms with Gasteiger partial charge in [-0.3, -0.25) is 0 Å². The zero-order chi connectivity index (χ0) is 17.6. The van der Waals surface area contributed by atoms with Crippen LogP contribution < -0.4 is 11.5 Å². The molecular weight excluding hydrogens is 304 g/mol. The van der Waals surface area contributed by atoms with E-state index in [0.717, 1.165) is 0 Å². The first-order valence-electron chi connectivity index (χ1n) is 6.24. The molecule has 0 spiro atoms. The molecule has 2 aromatic rings. The van der Waals surface area contributed by atoms with Gasteiger partial charge in [0.15, 0.2) is 0 Å². The summed E-state index contributed by atoms with van der Waals surface area (Å²) in [5.74, 6) is -2.18. The predicted molar refractivity (Wildman–Crippen MR) is 83.3 cm³/mol. The van der Waals surface area contributed by atoms with E-state index in [9.17, 15) is 14.7 Å². The second-order valence-corrected chi connectivity index (χ2v) is 4.35. The molecule has 0 heterocycles. The lowest BCUT2D eigenvalue weighted by molar-refractivity contribution is 0.0596. The second-order valence-electron chi connectivity index (χ2n) is 4.35. The molecule has 2 aromatic carbocycles. The van der Waals surface area contributed by atoms with E-state index < -0.39 is 11.9 Å². The Bertz CT molecular complexity index is 730. The van der Waals surface area contributed by atoms with Crippen molar-refractivity contribution in [3.63, 3.8) is 0 Å². The molecule has 0 bridgehead atoms. The van der Waals surface area contributed by atoms with Gasteiger partial charge in [0.25, 0.3) is 0 Å². The van der Waals surface area contributed by atoms with Crippen molar-refractivity contribution in [3.05, 3.63) is 47.5 Å². The normalized spacial score (nSPS) is 9.43. The van der Waals surface area contributed by atoms with Crippen molar-refractivity contribution >= 4 is 23.3 Å². The lowest BCUT2D eigenvalue weighted by Crippen LogP contribution is -2.02. The molecule has 0 saturated carbocycles. The summed E-state index contributed by atoms with van der Waals surface area (Å²) in [5, 5.41) is 26.6. The van der Waals surface area contributed by atoms with Crippen molar-refractivity contribution < 1.29 is 29.6 Å². The maximum atomic E-state index is 10.9. The van der Waals surface area contributed by atoms with Crippen LogP contribution in [0.15, 0.2) is 36.4 Å². The number of anilines is 2. The molecule has 8 heteroatoms. The number of hydrogen-bond donors (Lipinski definition) is 5. The summed E-state index contributed by atoms with van der Waals surface area (Å²) in [5.41, 5.74) is 11.3. The van der Waals surface area contributed by atoms with Gasteiger partial charge in [0.1, 0.15) is 22.6 Å². The summed E-state index contributed by atoms with van der Waals surface area (Å²) < 4.78 is 4.42. The molecule has 0 fully saturated rings. The van der Waals surface area contributed by atoms with Crippen LogP contribution >= 0.6 is 0 Å². The number of methoxy groups -OCH3 is 1. The highest BCUT2D eigenvalue weighted by atomic mass is 16.5. The second kappa shape index (κ2) is 7.55. The number of ether oxygens (including phenoxy) is 1. The minimum atomic E-state index is -1.19. The van der Waals surface area contributed by atoms with Crippen LogP contribution in [0, 0.1) is 0 Å². The van der Waals surface area contributed by atoms with Crippen LogP contribution in [0.4, 0.5) is 11.4 Å². The number of hydrogen-bond acceptors (Lipinski definition) is 7. The SMILES string of the molecule is COC(=O)c1cc(N)ccc1O.Nc1ccc(O)c(C(=O)O)c1. The van der Waals surface area contributed by atoms with E-state index in [1.165, 1.54) is 43.5 Å². The molecule has 0 unspecified atom stereocenters. The molecule has 122 valence electrons. The Hall–Kier alpha value is -3.42. The molecule has 0 aliphatic carbocycles. The summed E-state index contributed by atoms with van der Waals surface area (Å²) in [4.78, 5) is 21.3. The Morgan fingerprint density at radius 1 is 0.913 bits per heavy atom. The monoisotopic (exact) mass is 320 g/mol. The maximum absolute atomic E-state index is 10.9. The van der Waals surface area contributed by atoms with E-state index in [1.807, 2.05) is 0 Å². The third-order valence-corrected chi connectivity index (χ3v) is 2.68. The van der Waals surface area contributed by atoms with Gasteiger partial charge >= 0.3 is 11.9 Å². The van der Waals surface area contributed by atoms with Crippen LogP contribution in [0.5, 0.6) is 11.5 Å². The number of carbonyl (C=O) groups excluding carboxylic acids is 1. The van der Waals surface area contributed by atoms with Crippen molar-refractivity contribution in [2.45, 2.75) is 0 Å². The molecule has 0 atom stereocenters. The largest absolute Gasteiger partial charge is 0.507 e. The maximum Gasteiger partial charge on any atom is 0.341 e. The van der Waals surface area contributed by atoms with Crippen LogP contribution in [-0.2, 0) is 4.74 Å². The van der Waals surface area contributed by atoms with Crippen molar-refractivity contribution in [2.75, 3.05) is 18.6 Å². The Labute approximate surface area is 131 Å². The van der Waals surface area contributed by atoms with Crippen LogP contribution in [0.25, 0.3) is 0 Å². The van der Waals surface area contributed by atoms with Crippen molar-refractivity contribution in [3.8, 4) is 11.5 Å². The summed E-state index contributed by atoms with van der Waals surface area (Å²) >= 11 is 0. The number of nitrogen functional groups attached to an aromatic ring is 2. The van der Waals surface area contributed by atoms with E-state index in [2.05, 4.69) is 4.74 Å². The Balaban J connectivity index is 0.000000231. The number of carboxylic acid groups (broad SMARTS) is 1. The molecule has 0 aliphatic heterocycles. The van der Waals surface area contributed by atoms with Crippen molar-refractivity contribution in [1.29, 1.82) is 0 Å². The molecule has 8 nitrogen and oxygen atoms in total. The first-order chi connectivity index (χ1) is 10.8. The average Bonchev–Trinajstić information content (AvgIpc) is 2.51. The topological polar surface area (TPSA) is 156 Å². The standard InChI is InChI=1S/C8H9NO3.C7H7NO3/c1-12-8(11)6-4-5(9)2-3-7(6)10;8-4-1-2-6(9)5(3-4)7(10)11/h2-4,10H,9H2,1H3;1-3,9H,8H2,(H,10,11). The zero-order valence-electron chi connectivity index (χ0n) is 12.2. The van der Waals surface area contributed by atoms with Crippen LogP contribution in [0.3, 0.4) is 0 Å². The van der Waals surface area contributed by atoms with E-state index in [4.69, 9.17) is 21.7 Å². The fraction of sp³-hybridized carbons (Fsp3) is 0.0667. The first kappa shape index (κ1) is 17.6. The van der Waals surface area contributed by atoms with E-state index >= 15 is 0 Å². The smallest absolute Gasteiger partial charge is 0.341 e. The Kier molecular flexibility index (Phi) is 5.79. The number of carbonyl (C=O) groups is 2. The van der Waals surface area contributed by atoms with Gasteiger partial charge < -0.3 is 31.5 Å². The molecule has 2 rings (SSSR count). The molecule has 23 heavy (non-hydrogen) atoms. The van der Waals surface area contributed by atoms with Gasteiger partial charge in [-0.15, -0.1) is 0 Å². The van der Waals surface area contributed by atoms with Gasteiger partial charge in [-0.25, -0.2) is 9.59 Å². The summed E-state index contributed by atoms with van der Waals surface area (Å²) in [6.07, 6.45) is 0. The van der Waals surface area contributed by atoms with E-state index in [-0.39, 0.29) is 22.6 Å². The number of aromatic carboxylic acids is 1. The lowest BCUT2D eigenvalue weighted by atomic mass is 10.2. The number of nitrogens with two attached hydrogens (primary N) is 2. The number of aromatic hydroxyl groups is 2. The van der Waals surface area contributed by atoms with Crippen LogP contribution in [0.1, 0.15) is 20.7 Å². The van der Waals surface area contributed by atoms with E-state index in [0.29, 0.717) is 11.4 Å². The van der Waals surface area contributed by atoms with Gasteiger partial charge in [-0.1, -0.05) is 0 Å². The first-order valence-corrected chi connectivity index (χ1v) is 6.24. The Morgan fingerprint density at radius 3 is 1.74 bits per heavy atom. The molecule has 0 amide bonds. The predicted octanol–water partition coefficient (Wildman–Crippen LogP) is 1.43. The molecule has 0 radical (unpaired) electrons. The fourth-order valence-electron chi connectivity index (χ4n) is 1.55. The van der Waals surface area contributed by atoms with Gasteiger partial charge in [0.2, 0.25) is 0 Å². The quantitative estimate of drug-likeness (QED) is 0.316. The number of carboxylic acids is 1. The zero-order valence-corrected chi connectivity index (χ0v) is 12.2. The lowest BCUT2D eigenvalue weighted by Gasteiger charge is -2.02. The molecular formula is C15H16N2O6. The Morgan fingerprint density at radius 2 is 1.35 bits per heavy atom. The summed E-state index contributed by atoms with van der Waals surface area (Å²) in [6.45, 7) is 0. The molecule has 0 aromatic heterocycles. The highest BCUT2D eigenvalue weighted by Crippen LogP contribution is 2.20. The van der Waals surface area contributed by atoms with Gasteiger partial charge in [0, 0.05) is 11.4 Å². The highest BCUT2D eigenvalue weighted by molar-refractivity contribution is 5.93. The van der Waals surface area contributed by atoms with Crippen molar-refractivity contribution in [1.82, 2.24) is 0 Å². The molecule has 0 saturated heterocycles. The van der Waals surface area contributed by atoms with Gasteiger partial charge in [-0.05, 0) is 36.4 Å². The summed E-state index contributed by atoms with van der Waals surface area (Å²) in [7, 11) is 1.24. The van der Waals surface area contributed by atoms with Crippen LogP contribution in [0.2, 0.25) is 0 Å². The number of esters is 1. The number of rotatable bonds is 2. The molecule has 7 N–H and O–H groups in total. The minimum absolute atomic E-state index is 0.0810. The van der Waals surface area contributed by atoms with Gasteiger partial charge in [0.05, 0.1) is 7.11 Å². The van der Waals surface area contributed by atoms with E-state index in [1.54, 1.807) is 0 Å². The minimum Gasteiger partial charge on any atom is -0.507 e. The highest BCUT2D eigenvalue weighted by Gasteiger charge is 2.10. The third kappa shape index (κ3) is 4.81. The third-order valence-electron chi connectivity index (χ3n) is 2.68. The van der Waals surface area contributed by atoms with Gasteiger partial charge in [-0.2, -0.15) is 0 Å². The molecule has 0 aliphatic rings. The van der Waals surface area contributed by atoms with Crippen LogP contribution in [-0.4, -0.2) is 34.4 Å². The summed E-state index contributed by atoms with van der Waals surface area (Å²) in [6, 6.07) is 8.10. The van der Waals surface area contributed by atoms with Crippen molar-refractivity contribution in [2.24, 2.45) is 0 Å². The number of phenolic OH excluding ortho intramolecular Hbond substituents is 1. The average molecular weight is 320 g/mol. The number of benzene rings is 2. The fourth-order valence-corrected chi connectivity index (χ4v) is 1.55.